The molecular formula is C18H29N3O3S. The van der Waals surface area contributed by atoms with Crippen molar-refractivity contribution in [1.82, 2.24) is 9.80 Å². The average Bonchev–Trinajstić information content (AvgIpc) is 2.56. The van der Waals surface area contributed by atoms with Crippen LogP contribution >= 0.6 is 0 Å². The third-order valence-electron chi connectivity index (χ3n) is 4.79. The molecule has 0 spiro atoms. The second-order valence-corrected chi connectivity index (χ2v) is 8.55. The van der Waals surface area contributed by atoms with Gasteiger partial charge in [-0.05, 0) is 31.5 Å². The fourth-order valence-electron chi connectivity index (χ4n) is 3.31. The van der Waals surface area contributed by atoms with Crippen LogP contribution < -0.4 is 4.31 Å². The molecule has 1 heterocycles. The van der Waals surface area contributed by atoms with Crippen LogP contribution in [0.15, 0.2) is 18.2 Å². The van der Waals surface area contributed by atoms with Crippen LogP contribution in [0.5, 0.6) is 0 Å². The fourth-order valence-corrected chi connectivity index (χ4v) is 4.35. The number of hydrogen-bond donors (Lipinski definition) is 0. The van der Waals surface area contributed by atoms with Crippen molar-refractivity contribution in [2.24, 2.45) is 0 Å². The van der Waals surface area contributed by atoms with Gasteiger partial charge in [-0.15, -0.1) is 0 Å². The molecule has 0 radical (unpaired) electrons. The Bertz CT molecular complexity index is 690. The Kier molecular flexibility index (Phi) is 6.46. The average molecular weight is 368 g/mol. The van der Waals surface area contributed by atoms with E-state index in [1.165, 1.54) is 10.6 Å². The quantitative estimate of drug-likeness (QED) is 0.767. The smallest absolute Gasteiger partial charge is 0.232 e. The highest BCUT2D eigenvalue weighted by atomic mass is 32.2. The maximum atomic E-state index is 12.5. The molecule has 1 aromatic carbocycles. The number of rotatable bonds is 6. The minimum Gasteiger partial charge on any atom is -0.340 e. The highest BCUT2D eigenvalue weighted by molar-refractivity contribution is 7.92. The molecule has 1 saturated heterocycles. The van der Waals surface area contributed by atoms with Crippen LogP contribution in [0.3, 0.4) is 0 Å². The zero-order chi connectivity index (χ0) is 18.6. The molecule has 0 bridgehead atoms. The van der Waals surface area contributed by atoms with Crippen LogP contribution in [0.2, 0.25) is 0 Å². The molecule has 0 N–H and O–H groups in total. The van der Waals surface area contributed by atoms with E-state index in [1.807, 2.05) is 36.9 Å². The lowest BCUT2D eigenvalue weighted by molar-refractivity contribution is -0.132. The van der Waals surface area contributed by atoms with Crippen molar-refractivity contribution in [3.05, 3.63) is 29.3 Å². The van der Waals surface area contributed by atoms with Gasteiger partial charge in [0.1, 0.15) is 0 Å². The monoisotopic (exact) mass is 367 g/mol. The summed E-state index contributed by atoms with van der Waals surface area (Å²) in [5.74, 6) is 0.0237. The van der Waals surface area contributed by atoms with Gasteiger partial charge in [0.15, 0.2) is 0 Å². The molecule has 1 fully saturated rings. The van der Waals surface area contributed by atoms with Crippen LogP contribution in [0.25, 0.3) is 0 Å². The molecular weight excluding hydrogens is 338 g/mol. The Hall–Kier alpha value is -1.60. The van der Waals surface area contributed by atoms with Gasteiger partial charge in [0, 0.05) is 39.1 Å². The van der Waals surface area contributed by atoms with Crippen molar-refractivity contribution in [3.63, 3.8) is 0 Å². The van der Waals surface area contributed by atoms with E-state index in [-0.39, 0.29) is 18.9 Å². The molecule has 0 saturated carbocycles. The van der Waals surface area contributed by atoms with Gasteiger partial charge < -0.3 is 9.80 Å². The summed E-state index contributed by atoms with van der Waals surface area (Å²) in [6.45, 7) is 10.3. The number of carbonyl (C=O) groups excluding carboxylic acids is 1. The summed E-state index contributed by atoms with van der Waals surface area (Å²) < 4.78 is 26.0. The van der Waals surface area contributed by atoms with Crippen molar-refractivity contribution in [1.29, 1.82) is 0 Å². The summed E-state index contributed by atoms with van der Waals surface area (Å²) in [5, 5.41) is 0. The van der Waals surface area contributed by atoms with E-state index in [4.69, 9.17) is 0 Å². The van der Waals surface area contributed by atoms with Gasteiger partial charge in [-0.1, -0.05) is 25.1 Å². The predicted molar refractivity (Wildman–Crippen MR) is 101 cm³/mol. The summed E-state index contributed by atoms with van der Waals surface area (Å²) in [7, 11) is -3.45. The molecule has 1 aromatic rings. The van der Waals surface area contributed by atoms with E-state index in [9.17, 15) is 13.2 Å². The molecule has 140 valence electrons. The zero-order valence-electron chi connectivity index (χ0n) is 15.7. The van der Waals surface area contributed by atoms with Crippen molar-refractivity contribution in [2.45, 2.75) is 27.2 Å². The van der Waals surface area contributed by atoms with Crippen LogP contribution in [0.4, 0.5) is 5.69 Å². The van der Waals surface area contributed by atoms with Gasteiger partial charge in [0.05, 0.1) is 11.9 Å². The topological polar surface area (TPSA) is 60.9 Å². The third kappa shape index (κ3) is 4.95. The van der Waals surface area contributed by atoms with Gasteiger partial charge in [-0.2, -0.15) is 0 Å². The van der Waals surface area contributed by atoms with E-state index in [2.05, 4.69) is 11.8 Å². The van der Waals surface area contributed by atoms with Crippen molar-refractivity contribution in [2.75, 3.05) is 49.8 Å². The standard InChI is InChI=1S/C18H29N3O3S/c1-5-19-11-13-20(14-12-19)17(22)9-10-21(25(4,23)24)18-15(2)7-6-8-16(18)3/h6-8H,5,9-14H2,1-4H3. The SMILES string of the molecule is CCN1CCN(C(=O)CCN(c2c(C)cccc2C)S(C)(=O)=O)CC1. The van der Waals surface area contributed by atoms with E-state index < -0.39 is 10.0 Å². The molecule has 2 rings (SSSR count). The first-order chi connectivity index (χ1) is 11.7. The van der Waals surface area contributed by atoms with Crippen LogP contribution in [0.1, 0.15) is 24.5 Å². The summed E-state index contributed by atoms with van der Waals surface area (Å²) in [6, 6.07) is 5.70. The van der Waals surface area contributed by atoms with E-state index in [1.54, 1.807) is 0 Å². The highest BCUT2D eigenvalue weighted by Gasteiger charge is 2.25. The number of amides is 1. The normalized spacial score (nSPS) is 16.1. The summed E-state index contributed by atoms with van der Waals surface area (Å²) in [4.78, 5) is 16.7. The van der Waals surface area contributed by atoms with Gasteiger partial charge >= 0.3 is 0 Å². The van der Waals surface area contributed by atoms with E-state index in [0.717, 1.165) is 43.9 Å². The van der Waals surface area contributed by atoms with Crippen LogP contribution in [-0.4, -0.2) is 69.6 Å². The Labute approximate surface area is 151 Å². The molecule has 7 heteroatoms. The summed E-state index contributed by atoms with van der Waals surface area (Å²) in [5.41, 5.74) is 2.48. The van der Waals surface area contributed by atoms with Gasteiger partial charge in [0.2, 0.25) is 15.9 Å². The largest absolute Gasteiger partial charge is 0.340 e. The maximum Gasteiger partial charge on any atom is 0.232 e. The van der Waals surface area contributed by atoms with Gasteiger partial charge in [-0.3, -0.25) is 9.10 Å². The number of aryl methyl sites for hydroxylation is 2. The number of anilines is 1. The number of piperazine rings is 1. The zero-order valence-corrected chi connectivity index (χ0v) is 16.5. The molecule has 6 nitrogen and oxygen atoms in total. The molecule has 0 atom stereocenters. The Morgan fingerprint density at radius 1 is 1.12 bits per heavy atom. The lowest BCUT2D eigenvalue weighted by Gasteiger charge is -2.34. The number of likely N-dealkylation sites (N-methyl/N-ethyl adjacent to an activating group) is 1. The second-order valence-electron chi connectivity index (χ2n) is 6.64. The van der Waals surface area contributed by atoms with Crippen LogP contribution in [0, 0.1) is 13.8 Å². The minimum atomic E-state index is -3.45. The molecule has 0 aromatic heterocycles. The number of para-hydroxylation sites is 1. The van der Waals surface area contributed by atoms with Gasteiger partial charge in [-0.25, -0.2) is 8.42 Å². The first kappa shape index (κ1) is 19.7. The number of benzene rings is 1. The van der Waals surface area contributed by atoms with Crippen LogP contribution in [-0.2, 0) is 14.8 Å². The fraction of sp³-hybridized carbons (Fsp3) is 0.611. The number of carbonyl (C=O) groups is 1. The lowest BCUT2D eigenvalue weighted by atomic mass is 10.1. The van der Waals surface area contributed by atoms with E-state index in [0.29, 0.717) is 5.69 Å². The molecule has 1 aliphatic heterocycles. The predicted octanol–water partition coefficient (Wildman–Crippen LogP) is 1.62. The number of nitrogens with zero attached hydrogens (tertiary/aromatic N) is 3. The molecule has 0 aliphatic carbocycles. The molecule has 0 unspecified atom stereocenters. The molecule has 25 heavy (non-hydrogen) atoms. The van der Waals surface area contributed by atoms with Gasteiger partial charge in [0.25, 0.3) is 0 Å². The highest BCUT2D eigenvalue weighted by Crippen LogP contribution is 2.27. The second kappa shape index (κ2) is 8.19. The Balaban J connectivity index is 2.08. The summed E-state index contributed by atoms with van der Waals surface area (Å²) in [6.07, 6.45) is 1.40. The lowest BCUT2D eigenvalue weighted by Crippen LogP contribution is -2.49. The first-order valence-electron chi connectivity index (χ1n) is 8.78. The first-order valence-corrected chi connectivity index (χ1v) is 10.6. The van der Waals surface area contributed by atoms with Crippen molar-refractivity contribution in [3.8, 4) is 0 Å². The van der Waals surface area contributed by atoms with E-state index >= 15 is 0 Å². The van der Waals surface area contributed by atoms with Crippen molar-refractivity contribution < 1.29 is 13.2 Å². The summed E-state index contributed by atoms with van der Waals surface area (Å²) >= 11 is 0. The Morgan fingerprint density at radius 2 is 1.68 bits per heavy atom. The third-order valence-corrected chi connectivity index (χ3v) is 5.96. The number of hydrogen-bond acceptors (Lipinski definition) is 4. The number of sulfonamides is 1. The minimum absolute atomic E-state index is 0.0237. The van der Waals surface area contributed by atoms with Crippen molar-refractivity contribution >= 4 is 21.6 Å². The molecule has 1 aliphatic rings. The Morgan fingerprint density at radius 3 is 2.16 bits per heavy atom. The molecule has 1 amide bonds. The maximum absolute atomic E-state index is 12.5.